The number of sulfone groups is 1. The first-order chi connectivity index (χ1) is 10.9. The first kappa shape index (κ1) is 18.4. The average Bonchev–Trinajstić information content (AvgIpc) is 2.97. The number of aromatic nitrogens is 1. The van der Waals surface area contributed by atoms with E-state index in [0.29, 0.717) is 5.75 Å². The summed E-state index contributed by atoms with van der Waals surface area (Å²) in [7, 11) is -2.86. The Morgan fingerprint density at radius 3 is 2.52 bits per heavy atom. The van der Waals surface area contributed by atoms with Crippen LogP contribution in [0.1, 0.15) is 57.1 Å². The van der Waals surface area contributed by atoms with Gasteiger partial charge in [0.05, 0.1) is 26.7 Å². The first-order valence-electron chi connectivity index (χ1n) is 8.45. The highest BCUT2D eigenvalue weighted by molar-refractivity contribution is 7.91. The van der Waals surface area contributed by atoms with Gasteiger partial charge in [-0.1, -0.05) is 25.3 Å². The third-order valence-corrected chi connectivity index (χ3v) is 7.71. The standard InChI is InChI=1S/C18H27NO2S2/c1-14(2)23(20,21)12-8-6-4-5-7-9-16-10-11-17-18(15(16)3)22-13-19-17/h10-11,13-14H,4-9,12H2,1-3H3. The molecular formula is C18H27NO2S2. The third kappa shape index (κ3) is 5.01. The Morgan fingerprint density at radius 1 is 1.09 bits per heavy atom. The minimum Gasteiger partial charge on any atom is -0.245 e. The van der Waals surface area contributed by atoms with E-state index in [1.807, 2.05) is 5.51 Å². The Kier molecular flexibility index (Phi) is 6.60. The fourth-order valence-electron chi connectivity index (χ4n) is 2.76. The second-order valence-corrected chi connectivity index (χ2v) is 10.0. The minimum absolute atomic E-state index is 0.243. The maximum Gasteiger partial charge on any atom is 0.152 e. The van der Waals surface area contributed by atoms with Crippen molar-refractivity contribution in [2.24, 2.45) is 0 Å². The second kappa shape index (κ2) is 8.25. The molecule has 0 bridgehead atoms. The van der Waals surface area contributed by atoms with Gasteiger partial charge < -0.3 is 0 Å². The van der Waals surface area contributed by atoms with Crippen molar-refractivity contribution in [3.63, 3.8) is 0 Å². The van der Waals surface area contributed by atoms with Gasteiger partial charge in [-0.15, -0.1) is 11.3 Å². The molecule has 0 N–H and O–H groups in total. The Morgan fingerprint density at radius 2 is 1.78 bits per heavy atom. The third-order valence-electron chi connectivity index (χ3n) is 4.45. The van der Waals surface area contributed by atoms with Crippen LogP contribution in [0.2, 0.25) is 0 Å². The average molecular weight is 354 g/mol. The van der Waals surface area contributed by atoms with E-state index in [-0.39, 0.29) is 5.25 Å². The summed E-state index contributed by atoms with van der Waals surface area (Å²) in [5, 5.41) is -0.243. The molecular weight excluding hydrogens is 326 g/mol. The topological polar surface area (TPSA) is 47.0 Å². The zero-order valence-electron chi connectivity index (χ0n) is 14.3. The fraction of sp³-hybridized carbons (Fsp3) is 0.611. The molecule has 0 unspecified atom stereocenters. The number of aryl methyl sites for hydroxylation is 2. The van der Waals surface area contributed by atoms with Gasteiger partial charge in [0.1, 0.15) is 0 Å². The van der Waals surface area contributed by atoms with Crippen LogP contribution in [0.3, 0.4) is 0 Å². The van der Waals surface area contributed by atoms with Crippen molar-refractivity contribution in [2.75, 3.05) is 5.75 Å². The molecule has 1 aromatic carbocycles. The Hall–Kier alpha value is -0.940. The molecule has 128 valence electrons. The predicted octanol–water partition coefficient (Wildman–Crippen LogP) is 4.92. The van der Waals surface area contributed by atoms with Crippen molar-refractivity contribution in [2.45, 2.75) is 64.5 Å². The van der Waals surface area contributed by atoms with Crippen LogP contribution in [-0.4, -0.2) is 24.4 Å². The maximum atomic E-state index is 11.7. The van der Waals surface area contributed by atoms with Crippen LogP contribution in [0.25, 0.3) is 10.2 Å². The zero-order chi connectivity index (χ0) is 16.9. The van der Waals surface area contributed by atoms with Gasteiger partial charge in [0.25, 0.3) is 0 Å². The molecule has 0 fully saturated rings. The molecule has 0 saturated carbocycles. The van der Waals surface area contributed by atoms with Crippen LogP contribution in [-0.2, 0) is 16.3 Å². The van der Waals surface area contributed by atoms with Crippen molar-refractivity contribution in [1.29, 1.82) is 0 Å². The smallest absolute Gasteiger partial charge is 0.152 e. The van der Waals surface area contributed by atoms with Crippen LogP contribution in [0, 0.1) is 6.92 Å². The summed E-state index contributed by atoms with van der Waals surface area (Å²) in [4.78, 5) is 4.35. The van der Waals surface area contributed by atoms with Crippen molar-refractivity contribution in [1.82, 2.24) is 4.98 Å². The lowest BCUT2D eigenvalue weighted by atomic mass is 10.0. The van der Waals surface area contributed by atoms with Gasteiger partial charge in [0.2, 0.25) is 0 Å². The summed E-state index contributed by atoms with van der Waals surface area (Å²) in [6.07, 6.45) is 6.37. The molecule has 0 amide bonds. The molecule has 3 nitrogen and oxygen atoms in total. The Labute approximate surface area is 144 Å². The van der Waals surface area contributed by atoms with Gasteiger partial charge in [0, 0.05) is 0 Å². The first-order valence-corrected chi connectivity index (χ1v) is 11.0. The molecule has 0 saturated heterocycles. The van der Waals surface area contributed by atoms with E-state index in [2.05, 4.69) is 24.0 Å². The van der Waals surface area contributed by atoms with Gasteiger partial charge in [0.15, 0.2) is 9.84 Å². The lowest BCUT2D eigenvalue weighted by Crippen LogP contribution is -2.17. The summed E-state index contributed by atoms with van der Waals surface area (Å²) in [6.45, 7) is 5.71. The van der Waals surface area contributed by atoms with Crippen molar-refractivity contribution in [3.05, 3.63) is 28.8 Å². The summed E-state index contributed by atoms with van der Waals surface area (Å²) in [5.41, 5.74) is 5.80. The number of hydrogen-bond acceptors (Lipinski definition) is 4. The van der Waals surface area contributed by atoms with E-state index in [0.717, 1.165) is 31.2 Å². The number of nitrogens with zero attached hydrogens (tertiary/aromatic N) is 1. The van der Waals surface area contributed by atoms with Crippen molar-refractivity contribution < 1.29 is 8.42 Å². The van der Waals surface area contributed by atoms with Gasteiger partial charge >= 0.3 is 0 Å². The summed E-state index contributed by atoms with van der Waals surface area (Å²) in [5.74, 6) is 0.339. The van der Waals surface area contributed by atoms with Crippen LogP contribution >= 0.6 is 11.3 Å². The number of unbranched alkanes of at least 4 members (excludes halogenated alkanes) is 4. The van der Waals surface area contributed by atoms with Gasteiger partial charge in [-0.05, 0) is 57.2 Å². The lowest BCUT2D eigenvalue weighted by Gasteiger charge is -2.08. The molecule has 5 heteroatoms. The molecule has 0 aliphatic heterocycles. The number of benzene rings is 1. The van der Waals surface area contributed by atoms with Crippen LogP contribution < -0.4 is 0 Å². The number of hydrogen-bond donors (Lipinski definition) is 0. The second-order valence-electron chi connectivity index (χ2n) is 6.48. The van der Waals surface area contributed by atoms with E-state index in [1.165, 1.54) is 28.7 Å². The van der Waals surface area contributed by atoms with Crippen molar-refractivity contribution in [3.8, 4) is 0 Å². The number of fused-ring (bicyclic) bond motifs is 1. The van der Waals surface area contributed by atoms with Gasteiger partial charge in [-0.3, -0.25) is 0 Å². The molecule has 2 rings (SSSR count). The van der Waals surface area contributed by atoms with Crippen LogP contribution in [0.5, 0.6) is 0 Å². The van der Waals surface area contributed by atoms with Crippen LogP contribution in [0.15, 0.2) is 17.6 Å². The molecule has 1 aromatic heterocycles. The maximum absolute atomic E-state index is 11.7. The Balaban J connectivity index is 1.68. The largest absolute Gasteiger partial charge is 0.245 e. The van der Waals surface area contributed by atoms with E-state index in [1.54, 1.807) is 25.2 Å². The molecule has 1 heterocycles. The highest BCUT2D eigenvalue weighted by Crippen LogP contribution is 2.26. The van der Waals surface area contributed by atoms with Crippen molar-refractivity contribution >= 4 is 31.4 Å². The SMILES string of the molecule is Cc1c(CCCCCCCS(=O)(=O)C(C)C)ccc2ncsc12. The van der Waals surface area contributed by atoms with E-state index in [9.17, 15) is 8.42 Å². The van der Waals surface area contributed by atoms with Gasteiger partial charge in [-0.2, -0.15) is 0 Å². The summed E-state index contributed by atoms with van der Waals surface area (Å²) in [6, 6.07) is 4.32. The fourth-order valence-corrected chi connectivity index (χ4v) is 4.66. The molecule has 0 aliphatic carbocycles. The molecule has 23 heavy (non-hydrogen) atoms. The molecule has 0 aliphatic rings. The molecule has 0 radical (unpaired) electrons. The number of rotatable bonds is 9. The highest BCUT2D eigenvalue weighted by atomic mass is 32.2. The Bertz CT molecular complexity index is 733. The molecule has 0 spiro atoms. The van der Waals surface area contributed by atoms with Gasteiger partial charge in [-0.25, -0.2) is 13.4 Å². The lowest BCUT2D eigenvalue weighted by molar-refractivity contribution is 0.577. The normalized spacial score (nSPS) is 12.3. The zero-order valence-corrected chi connectivity index (χ0v) is 16.0. The minimum atomic E-state index is -2.86. The molecule has 2 aromatic rings. The summed E-state index contributed by atoms with van der Waals surface area (Å²) < 4.78 is 24.8. The summed E-state index contributed by atoms with van der Waals surface area (Å²) >= 11 is 1.71. The quantitative estimate of drug-likeness (QED) is 0.601. The predicted molar refractivity (Wildman–Crippen MR) is 100 cm³/mol. The number of thiazole rings is 1. The van der Waals surface area contributed by atoms with E-state index >= 15 is 0 Å². The van der Waals surface area contributed by atoms with Crippen LogP contribution in [0.4, 0.5) is 0 Å². The van der Waals surface area contributed by atoms with E-state index < -0.39 is 9.84 Å². The highest BCUT2D eigenvalue weighted by Gasteiger charge is 2.14. The monoisotopic (exact) mass is 353 g/mol. The molecule has 0 atom stereocenters. The van der Waals surface area contributed by atoms with E-state index in [4.69, 9.17) is 0 Å².